The van der Waals surface area contributed by atoms with E-state index in [4.69, 9.17) is 13.9 Å². The maximum absolute atomic E-state index is 7.40. The summed E-state index contributed by atoms with van der Waals surface area (Å²) in [4.78, 5) is 5.15. The van der Waals surface area contributed by atoms with Gasteiger partial charge in [-0.05, 0) is 80.9 Å². The van der Waals surface area contributed by atoms with E-state index in [2.05, 4.69) is 228 Å². The van der Waals surface area contributed by atoms with E-state index in [-0.39, 0.29) is 13.4 Å². The van der Waals surface area contributed by atoms with Gasteiger partial charge in [0.15, 0.2) is 0 Å². The lowest BCUT2D eigenvalue weighted by atomic mass is 9.30. The maximum Gasteiger partial charge on any atom is 0.260 e. The molecule has 8 heteroatoms. The fourth-order valence-electron chi connectivity index (χ4n) is 13.0. The van der Waals surface area contributed by atoms with Crippen LogP contribution in [0.3, 0.4) is 0 Å². The molecule has 0 N–H and O–H groups in total. The third kappa shape index (κ3) is 5.50. The molecular weight excluding hydrogens is 922 g/mol. The average Bonchev–Trinajstić information content (AvgIpc) is 4.14. The highest BCUT2D eigenvalue weighted by Crippen LogP contribution is 2.54. The summed E-state index contributed by atoms with van der Waals surface area (Å²) in [5.74, 6) is 3.18. The van der Waals surface area contributed by atoms with Crippen LogP contribution in [0.1, 0.15) is 0 Å². The molecule has 11 aromatic carbocycles. The number of hydrogen-bond acceptors (Lipinski definition) is 6. The van der Waals surface area contributed by atoms with Gasteiger partial charge < -0.3 is 23.7 Å². The number of hydrogen-bond donors (Lipinski definition) is 0. The van der Waals surface area contributed by atoms with Crippen LogP contribution in [0.15, 0.2) is 235 Å². The van der Waals surface area contributed by atoms with E-state index in [0.717, 1.165) is 106 Å². The molecule has 0 bridgehead atoms. The lowest BCUT2D eigenvalue weighted by Crippen LogP contribution is -2.64. The van der Waals surface area contributed by atoms with Crippen molar-refractivity contribution in [3.05, 3.63) is 231 Å². The highest BCUT2D eigenvalue weighted by molar-refractivity contribution is 7.26. The van der Waals surface area contributed by atoms with Crippen molar-refractivity contribution < 1.29 is 13.9 Å². The normalized spacial score (nSPS) is 13.5. The Bertz CT molecular complexity index is 4480. The molecule has 13 aromatic rings. The first-order valence-electron chi connectivity index (χ1n) is 25.3. The van der Waals surface area contributed by atoms with Crippen molar-refractivity contribution >= 4 is 134 Å². The first kappa shape index (κ1) is 40.4. The van der Waals surface area contributed by atoms with Crippen molar-refractivity contribution in [2.45, 2.75) is 0 Å². The Balaban J connectivity index is 1.04. The summed E-state index contributed by atoms with van der Waals surface area (Å²) < 4.78 is 23.6. The number of anilines is 6. The summed E-state index contributed by atoms with van der Waals surface area (Å²) in [6.45, 7) is -0.345. The van der Waals surface area contributed by atoms with Gasteiger partial charge in [-0.25, -0.2) is 0 Å². The van der Waals surface area contributed by atoms with Crippen molar-refractivity contribution in [1.29, 1.82) is 0 Å². The first-order chi connectivity index (χ1) is 36.7. The van der Waals surface area contributed by atoms with Gasteiger partial charge in [0.25, 0.3) is 13.4 Å². The number of fused-ring (bicyclic) bond motifs is 16. The number of para-hydroxylation sites is 5. The molecule has 0 saturated heterocycles. The fourth-order valence-corrected chi connectivity index (χ4v) is 14.1. The lowest BCUT2D eigenvalue weighted by molar-refractivity contribution is 0.467. The first-order valence-corrected chi connectivity index (χ1v) is 26.1. The molecule has 342 valence electrons. The van der Waals surface area contributed by atoms with E-state index in [1.54, 1.807) is 0 Å². The van der Waals surface area contributed by atoms with Gasteiger partial charge in [-0.2, -0.15) is 0 Å². The van der Waals surface area contributed by atoms with E-state index >= 15 is 0 Å². The van der Waals surface area contributed by atoms with Gasteiger partial charge in [-0.15, -0.1) is 11.3 Å². The number of thiophene rings is 1. The van der Waals surface area contributed by atoms with Gasteiger partial charge in [-0.3, -0.25) is 0 Å². The summed E-state index contributed by atoms with van der Waals surface area (Å²) in [6, 6.07) is 83.8. The van der Waals surface area contributed by atoms with Gasteiger partial charge in [0.05, 0.1) is 16.8 Å². The smallest absolute Gasteiger partial charge is 0.260 e. The molecule has 4 aliphatic heterocycles. The van der Waals surface area contributed by atoms with E-state index in [1.165, 1.54) is 47.9 Å². The van der Waals surface area contributed by atoms with E-state index < -0.39 is 0 Å². The Morgan fingerprint density at radius 1 is 0.365 bits per heavy atom. The Morgan fingerprint density at radius 3 is 1.82 bits per heavy atom. The molecule has 6 heterocycles. The SMILES string of the molecule is c1ccc(-c2cccc(-c3ccccc3)c2N2c3cc4c(cc3B3c5ccccc5N(c5ccccc5)c5c3c2cc2sc3ccccc3c52)B2c3ccccc3Oc3c2c(cc2oc5ccccc5c32)O4)cc1. The molecule has 0 atom stereocenters. The molecule has 17 rings (SSSR count). The Labute approximate surface area is 430 Å². The summed E-state index contributed by atoms with van der Waals surface area (Å²) in [7, 11) is 0. The van der Waals surface area contributed by atoms with Gasteiger partial charge in [-0.1, -0.05) is 176 Å². The molecule has 5 nitrogen and oxygen atoms in total. The summed E-state index contributed by atoms with van der Waals surface area (Å²) in [5.41, 5.74) is 19.9. The van der Waals surface area contributed by atoms with Crippen LogP contribution in [0, 0.1) is 0 Å². The van der Waals surface area contributed by atoms with Crippen LogP contribution >= 0.6 is 11.3 Å². The van der Waals surface area contributed by atoms with Crippen molar-refractivity contribution in [2.75, 3.05) is 9.80 Å². The van der Waals surface area contributed by atoms with Crippen LogP contribution in [0.4, 0.5) is 34.1 Å². The molecule has 0 unspecified atom stereocenters. The van der Waals surface area contributed by atoms with E-state index in [9.17, 15) is 0 Å². The zero-order valence-electron chi connectivity index (χ0n) is 39.6. The van der Waals surface area contributed by atoms with Gasteiger partial charge in [0.2, 0.25) is 0 Å². The zero-order valence-corrected chi connectivity index (χ0v) is 40.4. The third-order valence-electron chi connectivity index (χ3n) is 15.9. The molecule has 2 aromatic heterocycles. The van der Waals surface area contributed by atoms with Crippen LogP contribution in [-0.2, 0) is 0 Å². The minimum atomic E-state index is -0.189. The van der Waals surface area contributed by atoms with Crippen molar-refractivity contribution in [3.63, 3.8) is 0 Å². The largest absolute Gasteiger partial charge is 0.458 e. The quantitative estimate of drug-likeness (QED) is 0.164. The number of ether oxygens (including phenoxy) is 2. The standard InChI is InChI=1S/C66H38B2N2O3S/c1-4-19-39(20-5-1)42-27-18-28-43(40-21-6-2-7-22-40)64(42)70-51-36-55-49(68-47-30-13-16-33-54(47)73-66-60-44-25-10-15-32-53(44)71-56(60)38-57(72-55)63(66)68)35-48(51)67-46-29-12-14-31-50(46)69(41-23-8-3-9-24-41)65-61-45-26-11-17-34-58(45)74-59(61)37-52(70)62(65)67/h1-38H. The molecule has 74 heavy (non-hydrogen) atoms. The predicted octanol–water partition coefficient (Wildman–Crippen LogP) is 14.1. The predicted molar refractivity (Wildman–Crippen MR) is 309 cm³/mol. The zero-order chi connectivity index (χ0) is 48.2. The Kier molecular flexibility index (Phi) is 8.27. The van der Waals surface area contributed by atoms with E-state index in [1.807, 2.05) is 23.5 Å². The molecule has 0 fully saturated rings. The number of nitrogens with zero attached hydrogens (tertiary/aromatic N) is 2. The van der Waals surface area contributed by atoms with Gasteiger partial charge in [0.1, 0.15) is 34.2 Å². The molecule has 0 radical (unpaired) electrons. The summed E-state index contributed by atoms with van der Waals surface area (Å²) >= 11 is 1.87. The topological polar surface area (TPSA) is 38.1 Å². The second kappa shape index (κ2) is 15.2. The van der Waals surface area contributed by atoms with Crippen molar-refractivity contribution in [1.82, 2.24) is 0 Å². The van der Waals surface area contributed by atoms with Gasteiger partial charge in [0, 0.05) is 77.0 Å². The minimum absolute atomic E-state index is 0.156. The van der Waals surface area contributed by atoms with Crippen molar-refractivity contribution in [3.8, 4) is 45.3 Å². The third-order valence-corrected chi connectivity index (χ3v) is 17.1. The van der Waals surface area contributed by atoms with Crippen LogP contribution in [-0.4, -0.2) is 13.4 Å². The maximum atomic E-state index is 7.40. The highest BCUT2D eigenvalue weighted by atomic mass is 32.1. The summed E-state index contributed by atoms with van der Waals surface area (Å²) in [6.07, 6.45) is 0. The minimum Gasteiger partial charge on any atom is -0.458 e. The lowest BCUT2D eigenvalue weighted by Gasteiger charge is -2.46. The molecular formula is C66H38B2N2O3S. The highest BCUT2D eigenvalue weighted by Gasteiger charge is 2.48. The van der Waals surface area contributed by atoms with Crippen LogP contribution in [0.5, 0.6) is 23.0 Å². The van der Waals surface area contributed by atoms with Crippen LogP contribution in [0.25, 0.3) is 64.4 Å². The summed E-state index contributed by atoms with van der Waals surface area (Å²) in [5, 5.41) is 4.52. The van der Waals surface area contributed by atoms with Crippen LogP contribution in [0.2, 0.25) is 0 Å². The molecule has 4 aliphatic rings. The van der Waals surface area contributed by atoms with Gasteiger partial charge >= 0.3 is 0 Å². The Hall–Kier alpha value is -9.23. The second-order valence-corrected chi connectivity index (χ2v) is 20.9. The molecule has 0 saturated carbocycles. The Morgan fingerprint density at radius 2 is 1.03 bits per heavy atom. The van der Waals surface area contributed by atoms with Crippen molar-refractivity contribution in [2.24, 2.45) is 0 Å². The molecule has 0 spiro atoms. The fraction of sp³-hybridized carbons (Fsp3) is 0. The number of benzene rings is 11. The van der Waals surface area contributed by atoms with E-state index in [0.29, 0.717) is 0 Å². The molecule has 0 amide bonds. The monoisotopic (exact) mass is 960 g/mol. The number of furan rings is 1. The number of rotatable bonds is 4. The average molecular weight is 961 g/mol. The van der Waals surface area contributed by atoms with Crippen LogP contribution < -0.4 is 52.1 Å². The second-order valence-electron chi connectivity index (χ2n) is 19.8. The molecule has 0 aliphatic carbocycles.